The summed E-state index contributed by atoms with van der Waals surface area (Å²) in [7, 11) is 0. The molecule has 0 bridgehead atoms. The van der Waals surface area contributed by atoms with Gasteiger partial charge in [-0.1, -0.05) is 32.0 Å². The number of para-hydroxylation sites is 1. The number of piperidine rings is 1. The van der Waals surface area contributed by atoms with Crippen molar-refractivity contribution in [2.24, 2.45) is 5.92 Å². The molecule has 1 aliphatic heterocycles. The molecule has 0 radical (unpaired) electrons. The van der Waals surface area contributed by atoms with Crippen LogP contribution in [0.2, 0.25) is 0 Å². The quantitative estimate of drug-likeness (QED) is 0.758. The van der Waals surface area contributed by atoms with E-state index in [2.05, 4.69) is 18.9 Å². The van der Waals surface area contributed by atoms with Gasteiger partial charge >= 0.3 is 5.97 Å². The molecule has 6 heteroatoms. The Morgan fingerprint density at radius 2 is 2.00 bits per heavy atom. The Balaban J connectivity index is 1.86. The molecule has 144 valence electrons. The SMILES string of the molecule is CCOC(=O)C1CCCN(C(=O)c2cnn(-c3ccccc3)c2C(C)C)C1. The first-order valence-electron chi connectivity index (χ1n) is 9.62. The highest BCUT2D eigenvalue weighted by Crippen LogP contribution is 2.26. The molecule has 1 atom stereocenters. The van der Waals surface area contributed by atoms with Crippen LogP contribution in [0.3, 0.4) is 0 Å². The van der Waals surface area contributed by atoms with Crippen LogP contribution in [0, 0.1) is 5.92 Å². The Bertz CT molecular complexity index is 798. The number of nitrogens with zero attached hydrogens (tertiary/aromatic N) is 3. The first-order chi connectivity index (χ1) is 13.0. The maximum Gasteiger partial charge on any atom is 0.310 e. The van der Waals surface area contributed by atoms with Crippen molar-refractivity contribution in [1.29, 1.82) is 0 Å². The number of esters is 1. The maximum absolute atomic E-state index is 13.2. The van der Waals surface area contributed by atoms with Crippen molar-refractivity contribution in [1.82, 2.24) is 14.7 Å². The molecule has 0 N–H and O–H groups in total. The molecule has 1 aliphatic rings. The Hall–Kier alpha value is -2.63. The van der Waals surface area contributed by atoms with Crippen LogP contribution in [0.15, 0.2) is 36.5 Å². The van der Waals surface area contributed by atoms with Crippen LogP contribution in [-0.4, -0.2) is 46.3 Å². The number of hydrogen-bond donors (Lipinski definition) is 0. The van der Waals surface area contributed by atoms with Crippen LogP contribution in [0.4, 0.5) is 0 Å². The van der Waals surface area contributed by atoms with Crippen molar-refractivity contribution in [2.75, 3.05) is 19.7 Å². The Kier molecular flexibility index (Phi) is 5.94. The smallest absolute Gasteiger partial charge is 0.310 e. The van der Waals surface area contributed by atoms with E-state index in [1.165, 1.54) is 0 Å². The minimum absolute atomic E-state index is 0.0603. The third-order valence-corrected chi connectivity index (χ3v) is 4.91. The Labute approximate surface area is 160 Å². The average molecular weight is 369 g/mol. The fourth-order valence-electron chi connectivity index (χ4n) is 3.64. The molecule has 6 nitrogen and oxygen atoms in total. The first kappa shape index (κ1) is 19.1. The first-order valence-corrected chi connectivity index (χ1v) is 9.62. The van der Waals surface area contributed by atoms with E-state index in [0.29, 0.717) is 25.3 Å². The van der Waals surface area contributed by atoms with Gasteiger partial charge in [-0.15, -0.1) is 0 Å². The van der Waals surface area contributed by atoms with E-state index in [4.69, 9.17) is 4.74 Å². The van der Waals surface area contributed by atoms with Gasteiger partial charge in [-0.3, -0.25) is 9.59 Å². The highest BCUT2D eigenvalue weighted by Gasteiger charge is 2.32. The lowest BCUT2D eigenvalue weighted by atomic mass is 9.97. The maximum atomic E-state index is 13.2. The molecule has 3 rings (SSSR count). The van der Waals surface area contributed by atoms with Crippen LogP contribution in [0.25, 0.3) is 5.69 Å². The van der Waals surface area contributed by atoms with E-state index >= 15 is 0 Å². The van der Waals surface area contributed by atoms with Gasteiger partial charge in [0.1, 0.15) is 0 Å². The number of carbonyl (C=O) groups is 2. The van der Waals surface area contributed by atoms with Gasteiger partial charge in [0, 0.05) is 13.1 Å². The third-order valence-electron chi connectivity index (χ3n) is 4.91. The largest absolute Gasteiger partial charge is 0.466 e. The number of amides is 1. The van der Waals surface area contributed by atoms with Crippen molar-refractivity contribution >= 4 is 11.9 Å². The molecule has 2 heterocycles. The number of hydrogen-bond acceptors (Lipinski definition) is 4. The minimum atomic E-state index is -0.241. The second-order valence-corrected chi connectivity index (χ2v) is 7.19. The molecule has 1 fully saturated rings. The predicted molar refractivity (Wildman–Crippen MR) is 103 cm³/mol. The van der Waals surface area contributed by atoms with E-state index < -0.39 is 0 Å². The van der Waals surface area contributed by atoms with Crippen molar-refractivity contribution < 1.29 is 14.3 Å². The molecule has 1 aromatic heterocycles. The molecular weight excluding hydrogens is 342 g/mol. The molecular formula is C21H27N3O3. The number of ether oxygens (including phenoxy) is 1. The van der Waals surface area contributed by atoms with E-state index in [9.17, 15) is 9.59 Å². The van der Waals surface area contributed by atoms with Crippen LogP contribution in [0.5, 0.6) is 0 Å². The Morgan fingerprint density at radius 3 is 2.67 bits per heavy atom. The number of rotatable bonds is 5. The summed E-state index contributed by atoms with van der Waals surface area (Å²) in [5.41, 5.74) is 2.44. The van der Waals surface area contributed by atoms with Gasteiger partial charge in [0.2, 0.25) is 0 Å². The van der Waals surface area contributed by atoms with Gasteiger partial charge in [-0.2, -0.15) is 5.10 Å². The van der Waals surface area contributed by atoms with Crippen molar-refractivity contribution in [2.45, 2.75) is 39.5 Å². The lowest BCUT2D eigenvalue weighted by Crippen LogP contribution is -2.43. The molecule has 27 heavy (non-hydrogen) atoms. The topological polar surface area (TPSA) is 64.4 Å². The summed E-state index contributed by atoms with van der Waals surface area (Å²) < 4.78 is 6.98. The molecule has 0 saturated carbocycles. The van der Waals surface area contributed by atoms with E-state index in [1.807, 2.05) is 35.0 Å². The van der Waals surface area contributed by atoms with E-state index in [-0.39, 0.29) is 23.7 Å². The number of carbonyl (C=O) groups excluding carboxylic acids is 2. The number of aromatic nitrogens is 2. The monoisotopic (exact) mass is 369 g/mol. The molecule has 1 amide bonds. The summed E-state index contributed by atoms with van der Waals surface area (Å²) in [6.07, 6.45) is 3.22. The molecule has 2 aromatic rings. The zero-order chi connectivity index (χ0) is 19.4. The van der Waals surface area contributed by atoms with Gasteiger partial charge in [0.15, 0.2) is 0 Å². The van der Waals surface area contributed by atoms with Crippen molar-refractivity contribution in [3.05, 3.63) is 47.8 Å². The summed E-state index contributed by atoms with van der Waals surface area (Å²) in [5.74, 6) is -0.374. The average Bonchev–Trinajstić information content (AvgIpc) is 3.14. The second-order valence-electron chi connectivity index (χ2n) is 7.19. The van der Waals surface area contributed by atoms with Crippen molar-refractivity contribution in [3.8, 4) is 5.69 Å². The molecule has 1 aromatic carbocycles. The third kappa shape index (κ3) is 4.04. The van der Waals surface area contributed by atoms with Gasteiger partial charge in [0.05, 0.1) is 35.7 Å². The molecule has 0 aliphatic carbocycles. The van der Waals surface area contributed by atoms with Crippen LogP contribution < -0.4 is 0 Å². The summed E-state index contributed by atoms with van der Waals surface area (Å²) in [5, 5.41) is 4.48. The normalized spacial score (nSPS) is 17.2. The summed E-state index contributed by atoms with van der Waals surface area (Å²) >= 11 is 0. The van der Waals surface area contributed by atoms with Crippen LogP contribution in [-0.2, 0) is 9.53 Å². The van der Waals surface area contributed by atoms with Gasteiger partial charge in [0.25, 0.3) is 5.91 Å². The number of likely N-dealkylation sites (tertiary alicyclic amines) is 1. The number of benzene rings is 1. The molecule has 1 saturated heterocycles. The van der Waals surface area contributed by atoms with Crippen molar-refractivity contribution in [3.63, 3.8) is 0 Å². The van der Waals surface area contributed by atoms with Crippen LogP contribution in [0.1, 0.15) is 55.6 Å². The van der Waals surface area contributed by atoms with E-state index in [0.717, 1.165) is 24.2 Å². The van der Waals surface area contributed by atoms with Crippen LogP contribution >= 0.6 is 0 Å². The summed E-state index contributed by atoms with van der Waals surface area (Å²) in [6.45, 7) is 7.35. The zero-order valence-electron chi connectivity index (χ0n) is 16.2. The van der Waals surface area contributed by atoms with Gasteiger partial charge in [-0.25, -0.2) is 4.68 Å². The Morgan fingerprint density at radius 1 is 1.26 bits per heavy atom. The second kappa shape index (κ2) is 8.37. The van der Waals surface area contributed by atoms with Gasteiger partial charge in [-0.05, 0) is 37.8 Å². The fraction of sp³-hybridized carbons (Fsp3) is 0.476. The minimum Gasteiger partial charge on any atom is -0.466 e. The molecule has 0 spiro atoms. The standard InChI is InChI=1S/C21H27N3O3/c1-4-27-21(26)16-9-8-12-23(14-16)20(25)18-13-22-24(19(18)15(2)3)17-10-6-5-7-11-17/h5-7,10-11,13,15-16H,4,8-9,12,14H2,1-3H3. The highest BCUT2D eigenvalue weighted by molar-refractivity contribution is 5.96. The van der Waals surface area contributed by atoms with Gasteiger partial charge < -0.3 is 9.64 Å². The summed E-state index contributed by atoms with van der Waals surface area (Å²) in [6, 6.07) is 9.82. The molecule has 1 unspecified atom stereocenters. The predicted octanol–water partition coefficient (Wildman–Crippen LogP) is 3.41. The highest BCUT2D eigenvalue weighted by atomic mass is 16.5. The zero-order valence-corrected chi connectivity index (χ0v) is 16.2. The summed E-state index contributed by atoms with van der Waals surface area (Å²) in [4.78, 5) is 27.1. The fourth-order valence-corrected chi connectivity index (χ4v) is 3.64. The van der Waals surface area contributed by atoms with E-state index in [1.54, 1.807) is 18.0 Å². The lowest BCUT2D eigenvalue weighted by molar-refractivity contribution is -0.149. The lowest BCUT2D eigenvalue weighted by Gasteiger charge is -2.31.